The van der Waals surface area contributed by atoms with Crippen molar-refractivity contribution in [1.82, 2.24) is 24.8 Å². The van der Waals surface area contributed by atoms with Crippen molar-refractivity contribution in [3.05, 3.63) is 59.3 Å². The van der Waals surface area contributed by atoms with Crippen molar-refractivity contribution < 1.29 is 4.79 Å². The van der Waals surface area contributed by atoms with E-state index in [9.17, 15) is 4.79 Å². The van der Waals surface area contributed by atoms with Crippen molar-refractivity contribution >= 4 is 25.3 Å². The highest BCUT2D eigenvalue weighted by Crippen LogP contribution is 2.45. The fourth-order valence-electron chi connectivity index (χ4n) is 4.58. The van der Waals surface area contributed by atoms with Gasteiger partial charge in [0.05, 0.1) is 34.6 Å². The van der Waals surface area contributed by atoms with E-state index in [1.807, 2.05) is 22.5 Å². The van der Waals surface area contributed by atoms with E-state index in [1.54, 1.807) is 6.08 Å². The smallest absolute Gasteiger partial charge is 0.252 e. The van der Waals surface area contributed by atoms with Crippen molar-refractivity contribution in [2.75, 3.05) is 13.1 Å². The van der Waals surface area contributed by atoms with Crippen LogP contribution in [0.3, 0.4) is 0 Å². The van der Waals surface area contributed by atoms with Gasteiger partial charge in [0.25, 0.3) is 5.91 Å². The third-order valence-corrected chi connectivity index (χ3v) is 7.59. The Morgan fingerprint density at radius 1 is 1.30 bits per heavy atom. The molecule has 1 fully saturated rings. The first-order chi connectivity index (χ1) is 14.6. The number of hydrogen-bond donors (Lipinski definition) is 1. The van der Waals surface area contributed by atoms with E-state index in [0.717, 1.165) is 66.7 Å². The number of nitrogens with one attached hydrogen (secondary N) is 1. The van der Waals surface area contributed by atoms with Crippen LogP contribution in [0.2, 0.25) is 0 Å². The summed E-state index contributed by atoms with van der Waals surface area (Å²) >= 11 is 0. The van der Waals surface area contributed by atoms with Crippen LogP contribution in [0, 0.1) is 12.8 Å². The van der Waals surface area contributed by atoms with Gasteiger partial charge < -0.3 is 10.2 Å². The molecule has 0 aliphatic carbocycles. The molecule has 0 spiro atoms. The summed E-state index contributed by atoms with van der Waals surface area (Å²) in [6.07, 6.45) is 14.6. The van der Waals surface area contributed by atoms with Gasteiger partial charge in [-0.3, -0.25) is 9.78 Å². The first-order valence-corrected chi connectivity index (χ1v) is 12.0. The predicted molar refractivity (Wildman–Crippen MR) is 121 cm³/mol. The maximum Gasteiger partial charge on any atom is 0.252 e. The van der Waals surface area contributed by atoms with Gasteiger partial charge >= 0.3 is 0 Å². The lowest BCUT2D eigenvalue weighted by Crippen LogP contribution is -2.37. The molecule has 5 heterocycles. The summed E-state index contributed by atoms with van der Waals surface area (Å²) in [5.41, 5.74) is 5.28. The Hall–Kier alpha value is -2.30. The number of carbonyl (C=O) groups is 1. The molecule has 2 atom stereocenters. The summed E-state index contributed by atoms with van der Waals surface area (Å²) < 4.78 is 1.93. The van der Waals surface area contributed by atoms with E-state index < -0.39 is 0 Å². The lowest BCUT2D eigenvalue weighted by atomic mass is 9.89. The number of rotatable bonds is 4. The number of hydrogen-bond acceptors (Lipinski definition) is 4. The number of amides is 1. The average Bonchev–Trinajstić information content (AvgIpc) is 3.18. The molecule has 1 N–H and O–H groups in total. The van der Waals surface area contributed by atoms with Crippen molar-refractivity contribution in [3.8, 4) is 0 Å². The molecule has 0 saturated carbocycles. The highest BCUT2D eigenvalue weighted by molar-refractivity contribution is 7.51. The van der Waals surface area contributed by atoms with E-state index in [0.29, 0.717) is 14.5 Å². The second-order valence-electron chi connectivity index (χ2n) is 8.34. The van der Waals surface area contributed by atoms with Gasteiger partial charge in [-0.2, -0.15) is 5.10 Å². The molecule has 0 radical (unpaired) electrons. The lowest BCUT2D eigenvalue weighted by molar-refractivity contribution is -0.123. The molecule has 1 amide bonds. The van der Waals surface area contributed by atoms with Crippen LogP contribution in [-0.2, 0) is 11.2 Å². The van der Waals surface area contributed by atoms with Crippen molar-refractivity contribution in [3.63, 3.8) is 0 Å². The Morgan fingerprint density at radius 3 is 2.93 bits per heavy atom. The Balaban J connectivity index is 1.44. The quantitative estimate of drug-likeness (QED) is 0.766. The third kappa shape index (κ3) is 3.63. The monoisotopic (exact) mass is 421 g/mol. The van der Waals surface area contributed by atoms with Gasteiger partial charge in [-0.1, -0.05) is 34.1 Å². The molecule has 0 aromatic carbocycles. The van der Waals surface area contributed by atoms with Crippen LogP contribution in [0.25, 0.3) is 10.8 Å². The third-order valence-electron chi connectivity index (χ3n) is 6.11. The maximum absolute atomic E-state index is 13.0. The summed E-state index contributed by atoms with van der Waals surface area (Å²) in [6, 6.07) is 2.10. The second-order valence-corrected chi connectivity index (χ2v) is 9.76. The van der Waals surface area contributed by atoms with Crippen molar-refractivity contribution in [2.45, 2.75) is 45.3 Å². The number of fused-ring (bicyclic) bond motifs is 2. The molecule has 7 heteroatoms. The molecule has 6 nitrogen and oxygen atoms in total. The molecule has 3 aliphatic heterocycles. The summed E-state index contributed by atoms with van der Waals surface area (Å²) in [6.45, 7) is 6.28. The van der Waals surface area contributed by atoms with Crippen LogP contribution in [0.15, 0.2) is 42.3 Å². The Labute approximate surface area is 178 Å². The number of allylic oxidation sites excluding steroid dienone is 2. The molecular weight excluding hydrogens is 393 g/mol. The van der Waals surface area contributed by atoms with E-state index in [-0.39, 0.29) is 11.7 Å². The van der Waals surface area contributed by atoms with Crippen LogP contribution in [0.4, 0.5) is 0 Å². The molecule has 3 aliphatic rings. The van der Waals surface area contributed by atoms with E-state index >= 15 is 0 Å². The maximum atomic E-state index is 13.0. The zero-order valence-corrected chi connectivity index (χ0v) is 18.6. The number of piperidine rings is 1. The number of aromatic nitrogens is 3. The Bertz CT molecular complexity index is 1080. The summed E-state index contributed by atoms with van der Waals surface area (Å²) in [5.74, 6) is 0.712. The van der Waals surface area contributed by atoms with Gasteiger partial charge in [0.1, 0.15) is 0 Å². The van der Waals surface area contributed by atoms with Gasteiger partial charge in [0.15, 0.2) is 0 Å². The topological polar surface area (TPSA) is 62.5 Å². The van der Waals surface area contributed by atoms with Crippen LogP contribution >= 0.6 is 8.58 Å². The first kappa shape index (κ1) is 19.7. The normalized spacial score (nSPS) is 23.1. The molecule has 2 aromatic rings. The molecule has 156 valence electrons. The molecule has 30 heavy (non-hydrogen) atoms. The van der Waals surface area contributed by atoms with Crippen LogP contribution in [-0.4, -0.2) is 44.3 Å². The SMILES string of the molecule is CCCc1nc(C)cn2nc(C3=CC(=O)N4C=C(C5CCNCC5)C=CC4P3)cc12. The summed E-state index contributed by atoms with van der Waals surface area (Å²) in [5, 5.41) is 9.25. The number of aryl methyl sites for hydroxylation is 2. The highest BCUT2D eigenvalue weighted by atomic mass is 31.1. The fourth-order valence-corrected chi connectivity index (χ4v) is 5.91. The van der Waals surface area contributed by atoms with E-state index in [4.69, 9.17) is 10.1 Å². The fraction of sp³-hybridized carbons (Fsp3) is 0.435. The zero-order chi connectivity index (χ0) is 20.7. The second kappa shape index (κ2) is 8.09. The van der Waals surface area contributed by atoms with Crippen molar-refractivity contribution in [1.29, 1.82) is 0 Å². The average molecular weight is 421 g/mol. The predicted octanol–water partition coefficient (Wildman–Crippen LogP) is 3.63. The molecule has 2 unspecified atom stereocenters. The summed E-state index contributed by atoms with van der Waals surface area (Å²) in [4.78, 5) is 19.6. The summed E-state index contributed by atoms with van der Waals surface area (Å²) in [7, 11) is 0.490. The van der Waals surface area contributed by atoms with Crippen LogP contribution < -0.4 is 5.32 Å². The molecule has 0 bridgehead atoms. The molecule has 5 rings (SSSR count). The van der Waals surface area contributed by atoms with Gasteiger partial charge in [-0.05, 0) is 56.8 Å². The largest absolute Gasteiger partial charge is 0.317 e. The van der Waals surface area contributed by atoms with Crippen LogP contribution in [0.5, 0.6) is 0 Å². The minimum absolute atomic E-state index is 0.0599. The molecule has 1 saturated heterocycles. The van der Waals surface area contributed by atoms with E-state index in [1.165, 1.54) is 5.57 Å². The van der Waals surface area contributed by atoms with Gasteiger partial charge in [-0.25, -0.2) is 4.52 Å². The zero-order valence-electron chi connectivity index (χ0n) is 17.6. The number of carbonyl (C=O) groups excluding carboxylic acids is 1. The molecular formula is C23H28N5OP. The minimum Gasteiger partial charge on any atom is -0.317 e. The number of nitrogens with zero attached hydrogens (tertiary/aromatic N) is 4. The van der Waals surface area contributed by atoms with Gasteiger partial charge in [-0.15, -0.1) is 0 Å². The lowest BCUT2D eigenvalue weighted by Gasteiger charge is -2.35. The molecule has 2 aromatic heterocycles. The van der Waals surface area contributed by atoms with Crippen LogP contribution in [0.1, 0.15) is 43.3 Å². The van der Waals surface area contributed by atoms with E-state index in [2.05, 4.69) is 36.7 Å². The Morgan fingerprint density at radius 2 is 2.13 bits per heavy atom. The first-order valence-electron chi connectivity index (χ1n) is 10.9. The standard InChI is InChI=1S/C23H28N5OP/c1-3-4-18-20-11-19(26-28(20)13-15(2)25-18)21-12-22(29)27-14-17(5-6-23(27)30-21)16-7-9-24-10-8-16/h5-6,11-14,16,23-24,30H,3-4,7-10H2,1-2H3. The van der Waals surface area contributed by atoms with Gasteiger partial charge in [0, 0.05) is 17.6 Å². The highest BCUT2D eigenvalue weighted by Gasteiger charge is 2.31. The van der Waals surface area contributed by atoms with Gasteiger partial charge in [0.2, 0.25) is 0 Å². The minimum atomic E-state index is 0.0599. The Kier molecular flexibility index (Phi) is 5.30. The van der Waals surface area contributed by atoms with Crippen molar-refractivity contribution in [2.24, 2.45) is 5.92 Å².